The van der Waals surface area contributed by atoms with E-state index in [-0.39, 0.29) is 17.0 Å². The molecule has 1 aliphatic heterocycles. The van der Waals surface area contributed by atoms with E-state index in [1.807, 2.05) is 6.07 Å². The van der Waals surface area contributed by atoms with Crippen LogP contribution in [0.1, 0.15) is 38.9 Å². The van der Waals surface area contributed by atoms with Crippen molar-refractivity contribution in [3.05, 3.63) is 28.8 Å². The molecule has 1 heterocycles. The molecule has 0 aliphatic carbocycles. The number of nitrogens with two attached hydrogens (primary N) is 1. The van der Waals surface area contributed by atoms with Crippen molar-refractivity contribution in [2.24, 2.45) is 5.84 Å². The van der Waals surface area contributed by atoms with Gasteiger partial charge in [0, 0.05) is 17.0 Å². The SMILES string of the molecule is CC(C)(C)[Si](C)(C)O[C@@H]1C[C@H](C(=O)NN)Oc2ccc(Cl)cc21. The molecule has 2 atom stereocenters. The van der Waals surface area contributed by atoms with Gasteiger partial charge in [-0.1, -0.05) is 32.4 Å². The van der Waals surface area contributed by atoms with Gasteiger partial charge in [0.2, 0.25) is 0 Å². The summed E-state index contributed by atoms with van der Waals surface area (Å²) in [6.07, 6.45) is -0.479. The Kier molecular flexibility index (Phi) is 5.11. The number of hydrazine groups is 1. The van der Waals surface area contributed by atoms with Crippen LogP contribution < -0.4 is 16.0 Å². The lowest BCUT2D eigenvalue weighted by molar-refractivity contribution is -0.130. The van der Waals surface area contributed by atoms with Crippen molar-refractivity contribution in [2.45, 2.75) is 57.5 Å². The van der Waals surface area contributed by atoms with Crippen LogP contribution in [0.4, 0.5) is 0 Å². The Balaban J connectivity index is 2.37. The van der Waals surface area contributed by atoms with Gasteiger partial charge in [-0.2, -0.15) is 0 Å². The average Bonchev–Trinajstić information content (AvgIpc) is 2.45. The minimum Gasteiger partial charge on any atom is -0.480 e. The summed E-state index contributed by atoms with van der Waals surface area (Å²) in [7, 11) is -2.01. The molecule has 1 aromatic carbocycles. The maximum absolute atomic E-state index is 11.9. The Hall–Kier alpha value is -1.08. The fourth-order valence-corrected chi connectivity index (χ4v) is 3.77. The fraction of sp³-hybridized carbons (Fsp3) is 0.562. The van der Waals surface area contributed by atoms with Crippen molar-refractivity contribution < 1.29 is 14.0 Å². The van der Waals surface area contributed by atoms with Gasteiger partial charge < -0.3 is 9.16 Å². The Morgan fingerprint density at radius 2 is 2.09 bits per heavy atom. The van der Waals surface area contributed by atoms with Crippen LogP contribution in [-0.4, -0.2) is 20.3 Å². The minimum absolute atomic E-state index is 0.0651. The molecule has 0 bridgehead atoms. The molecular formula is C16H25ClN2O3Si. The van der Waals surface area contributed by atoms with Crippen molar-refractivity contribution >= 4 is 25.8 Å². The molecule has 3 N–H and O–H groups in total. The molecule has 1 aromatic rings. The molecular weight excluding hydrogens is 332 g/mol. The first-order chi connectivity index (χ1) is 10.5. The number of hydrogen-bond donors (Lipinski definition) is 2. The largest absolute Gasteiger partial charge is 0.480 e. The summed E-state index contributed by atoms with van der Waals surface area (Å²) in [5, 5.41) is 0.688. The van der Waals surface area contributed by atoms with Gasteiger partial charge in [0.25, 0.3) is 5.91 Å². The summed E-state index contributed by atoms with van der Waals surface area (Å²) in [6, 6.07) is 5.37. The molecule has 5 nitrogen and oxygen atoms in total. The van der Waals surface area contributed by atoms with E-state index in [4.69, 9.17) is 26.6 Å². The molecule has 1 amide bonds. The normalized spacial score (nSPS) is 21.3. The second-order valence-corrected chi connectivity index (χ2v) is 12.6. The van der Waals surface area contributed by atoms with Crippen LogP contribution in [-0.2, 0) is 9.22 Å². The summed E-state index contributed by atoms with van der Waals surface area (Å²) >= 11 is 6.13. The van der Waals surface area contributed by atoms with Crippen LogP contribution in [0.25, 0.3) is 0 Å². The van der Waals surface area contributed by atoms with Gasteiger partial charge in [-0.05, 0) is 36.3 Å². The summed E-state index contributed by atoms with van der Waals surface area (Å²) < 4.78 is 12.3. The van der Waals surface area contributed by atoms with Crippen molar-refractivity contribution in [2.75, 3.05) is 0 Å². The number of amides is 1. The number of rotatable bonds is 3. The van der Waals surface area contributed by atoms with Crippen molar-refractivity contribution in [3.8, 4) is 5.75 Å². The molecule has 128 valence electrons. The smallest absolute Gasteiger partial charge is 0.275 e. The number of carbonyl (C=O) groups is 1. The molecule has 1 aliphatic rings. The third kappa shape index (κ3) is 3.88. The van der Waals surface area contributed by atoms with Crippen molar-refractivity contribution in [1.29, 1.82) is 0 Å². The molecule has 0 unspecified atom stereocenters. The maximum Gasteiger partial charge on any atom is 0.275 e. The number of nitrogens with one attached hydrogen (secondary N) is 1. The van der Waals surface area contributed by atoms with E-state index in [2.05, 4.69) is 39.3 Å². The quantitative estimate of drug-likeness (QED) is 0.376. The van der Waals surface area contributed by atoms with Crippen LogP contribution in [0.3, 0.4) is 0 Å². The van der Waals surface area contributed by atoms with E-state index in [0.717, 1.165) is 5.56 Å². The first-order valence-corrected chi connectivity index (χ1v) is 11.0. The van der Waals surface area contributed by atoms with Crippen molar-refractivity contribution in [1.82, 2.24) is 5.43 Å². The molecule has 0 radical (unpaired) electrons. The van der Waals surface area contributed by atoms with E-state index in [1.54, 1.807) is 12.1 Å². The number of benzene rings is 1. The van der Waals surface area contributed by atoms with E-state index < -0.39 is 14.4 Å². The fourth-order valence-electron chi connectivity index (χ4n) is 2.30. The van der Waals surface area contributed by atoms with E-state index in [1.165, 1.54) is 0 Å². The molecule has 0 spiro atoms. The van der Waals surface area contributed by atoms with Gasteiger partial charge in [-0.3, -0.25) is 10.2 Å². The second-order valence-electron chi connectivity index (χ2n) is 7.40. The summed E-state index contributed by atoms with van der Waals surface area (Å²) in [4.78, 5) is 11.9. The Morgan fingerprint density at radius 3 is 2.65 bits per heavy atom. The zero-order valence-corrected chi connectivity index (χ0v) is 16.0. The molecule has 0 saturated heterocycles. The van der Waals surface area contributed by atoms with E-state index >= 15 is 0 Å². The lowest BCUT2D eigenvalue weighted by Gasteiger charge is -2.41. The summed E-state index contributed by atoms with van der Waals surface area (Å²) in [6.45, 7) is 10.9. The minimum atomic E-state index is -2.01. The predicted octanol–water partition coefficient (Wildman–Crippen LogP) is 3.54. The monoisotopic (exact) mass is 356 g/mol. The van der Waals surface area contributed by atoms with Crippen LogP contribution >= 0.6 is 11.6 Å². The predicted molar refractivity (Wildman–Crippen MR) is 93.8 cm³/mol. The molecule has 0 saturated carbocycles. The molecule has 2 rings (SSSR count). The number of fused-ring (bicyclic) bond motifs is 1. The van der Waals surface area contributed by atoms with Crippen LogP contribution in [0.15, 0.2) is 18.2 Å². The topological polar surface area (TPSA) is 73.6 Å². The summed E-state index contributed by atoms with van der Waals surface area (Å²) in [5.41, 5.74) is 3.05. The standard InChI is InChI=1S/C16H25ClN2O3Si/c1-16(2,3)23(4,5)22-13-9-14(15(20)19-18)21-12-7-6-10(17)8-11(12)13/h6-8,13-14H,9,18H2,1-5H3,(H,19,20)/t13-,14-/m1/s1. The van der Waals surface area contributed by atoms with Crippen LogP contribution in [0.2, 0.25) is 23.2 Å². The number of halogens is 1. The van der Waals surface area contributed by atoms with Gasteiger partial charge in [0.1, 0.15) is 5.75 Å². The second kappa shape index (κ2) is 6.43. The molecule has 23 heavy (non-hydrogen) atoms. The highest BCUT2D eigenvalue weighted by atomic mass is 35.5. The zero-order valence-electron chi connectivity index (χ0n) is 14.3. The van der Waals surface area contributed by atoms with Gasteiger partial charge in [0.05, 0.1) is 6.10 Å². The maximum atomic E-state index is 11.9. The number of carbonyl (C=O) groups excluding carboxylic acids is 1. The highest BCUT2D eigenvalue weighted by molar-refractivity contribution is 6.74. The Labute approximate surface area is 143 Å². The van der Waals surface area contributed by atoms with Gasteiger partial charge in [0.15, 0.2) is 14.4 Å². The molecule has 0 fully saturated rings. The summed E-state index contributed by atoms with van der Waals surface area (Å²) in [5.74, 6) is 5.53. The highest BCUT2D eigenvalue weighted by Gasteiger charge is 2.42. The van der Waals surface area contributed by atoms with E-state index in [9.17, 15) is 4.79 Å². The van der Waals surface area contributed by atoms with Gasteiger partial charge >= 0.3 is 0 Å². The third-order valence-corrected chi connectivity index (χ3v) is 9.42. The highest BCUT2D eigenvalue weighted by Crippen LogP contribution is 2.45. The van der Waals surface area contributed by atoms with Crippen molar-refractivity contribution in [3.63, 3.8) is 0 Å². The number of hydrogen-bond acceptors (Lipinski definition) is 4. The average molecular weight is 357 g/mol. The van der Waals surface area contributed by atoms with Crippen LogP contribution in [0, 0.1) is 0 Å². The lowest BCUT2D eigenvalue weighted by atomic mass is 9.99. The zero-order chi connectivity index (χ0) is 17.4. The Morgan fingerprint density at radius 1 is 1.43 bits per heavy atom. The van der Waals surface area contributed by atoms with Crippen LogP contribution in [0.5, 0.6) is 5.75 Å². The molecule has 7 heteroatoms. The Bertz CT molecular complexity index is 601. The van der Waals surface area contributed by atoms with Gasteiger partial charge in [-0.25, -0.2) is 5.84 Å². The lowest BCUT2D eigenvalue weighted by Crippen LogP contribution is -2.47. The molecule has 0 aromatic heterocycles. The first-order valence-electron chi connectivity index (χ1n) is 7.69. The first kappa shape index (κ1) is 18.3. The third-order valence-electron chi connectivity index (χ3n) is 4.69. The van der Waals surface area contributed by atoms with E-state index in [0.29, 0.717) is 17.2 Å². The number of ether oxygens (including phenoxy) is 1. The van der Waals surface area contributed by atoms with Gasteiger partial charge in [-0.15, -0.1) is 0 Å².